The summed E-state index contributed by atoms with van der Waals surface area (Å²) in [6.45, 7) is 0. The lowest BCUT2D eigenvalue weighted by atomic mass is 10.1. The highest BCUT2D eigenvalue weighted by atomic mass is 16.5. The van der Waals surface area contributed by atoms with Gasteiger partial charge in [0.05, 0.1) is 0 Å². The predicted octanol–water partition coefficient (Wildman–Crippen LogP) is 2.16. The topological polar surface area (TPSA) is 27.1 Å². The average molecular weight is 202 g/mol. The largest absolute Gasteiger partial charge is 0.369 e. The lowest BCUT2D eigenvalue weighted by molar-refractivity contribution is 0.126. The molecule has 1 atom stereocenters. The maximum atomic E-state index is 5.48. The third kappa shape index (κ3) is 1.92. The third-order valence-corrected chi connectivity index (χ3v) is 2.43. The fraction of sp³-hybridized carbons (Fsp3) is 0.250. The van der Waals surface area contributed by atoms with Gasteiger partial charge in [0.1, 0.15) is 11.9 Å². The summed E-state index contributed by atoms with van der Waals surface area (Å²) in [6, 6.07) is 10.1. The number of ether oxygens (including phenoxy) is 1. The van der Waals surface area contributed by atoms with Gasteiger partial charge in [0, 0.05) is 26.6 Å². The van der Waals surface area contributed by atoms with Gasteiger partial charge in [0.2, 0.25) is 0 Å². The first kappa shape index (κ1) is 9.93. The first-order chi connectivity index (χ1) is 7.33. The number of benzene rings is 1. The maximum Gasteiger partial charge on any atom is 0.142 e. The summed E-state index contributed by atoms with van der Waals surface area (Å²) in [5.41, 5.74) is 1.12. The number of hydrogen-bond donors (Lipinski definition) is 0. The SMILES string of the molecule is COC(c1ccccc1)c1nccn1C. The molecule has 15 heavy (non-hydrogen) atoms. The normalized spacial score (nSPS) is 12.7. The minimum atomic E-state index is -0.0915. The van der Waals surface area contributed by atoms with E-state index in [4.69, 9.17) is 4.74 Å². The van der Waals surface area contributed by atoms with Crippen molar-refractivity contribution in [2.24, 2.45) is 7.05 Å². The molecule has 0 radical (unpaired) electrons. The van der Waals surface area contributed by atoms with Crippen molar-refractivity contribution >= 4 is 0 Å². The van der Waals surface area contributed by atoms with Crippen LogP contribution in [0.15, 0.2) is 42.7 Å². The first-order valence-corrected chi connectivity index (χ1v) is 4.88. The Bertz CT molecular complexity index is 422. The fourth-order valence-electron chi connectivity index (χ4n) is 1.65. The van der Waals surface area contributed by atoms with E-state index in [1.165, 1.54) is 0 Å². The second kappa shape index (κ2) is 4.28. The van der Waals surface area contributed by atoms with Gasteiger partial charge < -0.3 is 9.30 Å². The van der Waals surface area contributed by atoms with Crippen LogP contribution in [0.5, 0.6) is 0 Å². The third-order valence-electron chi connectivity index (χ3n) is 2.43. The van der Waals surface area contributed by atoms with Crippen LogP contribution >= 0.6 is 0 Å². The number of aromatic nitrogens is 2. The van der Waals surface area contributed by atoms with Gasteiger partial charge in [-0.2, -0.15) is 0 Å². The molecule has 1 aromatic heterocycles. The molecule has 2 rings (SSSR count). The highest BCUT2D eigenvalue weighted by molar-refractivity contribution is 5.23. The quantitative estimate of drug-likeness (QED) is 0.762. The van der Waals surface area contributed by atoms with Gasteiger partial charge in [-0.3, -0.25) is 0 Å². The lowest BCUT2D eigenvalue weighted by Crippen LogP contribution is -2.09. The van der Waals surface area contributed by atoms with Crippen molar-refractivity contribution in [1.82, 2.24) is 9.55 Å². The van der Waals surface area contributed by atoms with E-state index in [2.05, 4.69) is 4.98 Å². The Morgan fingerprint density at radius 2 is 2.00 bits per heavy atom. The van der Waals surface area contributed by atoms with E-state index >= 15 is 0 Å². The van der Waals surface area contributed by atoms with Crippen LogP contribution in [0, 0.1) is 0 Å². The molecule has 1 unspecified atom stereocenters. The minimum Gasteiger partial charge on any atom is -0.369 e. The van der Waals surface area contributed by atoms with Gasteiger partial charge in [-0.1, -0.05) is 30.3 Å². The molecule has 3 heteroatoms. The van der Waals surface area contributed by atoms with Gasteiger partial charge in [-0.25, -0.2) is 4.98 Å². The number of aryl methyl sites for hydroxylation is 1. The molecule has 0 aliphatic carbocycles. The Hall–Kier alpha value is -1.61. The van der Waals surface area contributed by atoms with Crippen molar-refractivity contribution in [2.75, 3.05) is 7.11 Å². The summed E-state index contributed by atoms with van der Waals surface area (Å²) < 4.78 is 7.45. The summed E-state index contributed by atoms with van der Waals surface area (Å²) >= 11 is 0. The van der Waals surface area contributed by atoms with E-state index < -0.39 is 0 Å². The summed E-state index contributed by atoms with van der Waals surface area (Å²) in [4.78, 5) is 4.30. The van der Waals surface area contributed by atoms with Crippen LogP contribution < -0.4 is 0 Å². The van der Waals surface area contributed by atoms with E-state index in [0.29, 0.717) is 0 Å². The second-order valence-corrected chi connectivity index (χ2v) is 3.42. The molecule has 0 saturated carbocycles. The highest BCUT2D eigenvalue weighted by Gasteiger charge is 2.16. The van der Waals surface area contributed by atoms with E-state index in [1.807, 2.05) is 48.1 Å². The lowest BCUT2D eigenvalue weighted by Gasteiger charge is -2.15. The number of methoxy groups -OCH3 is 1. The Balaban J connectivity index is 2.37. The summed E-state index contributed by atoms with van der Waals surface area (Å²) in [7, 11) is 3.67. The van der Waals surface area contributed by atoms with E-state index in [1.54, 1.807) is 13.3 Å². The summed E-state index contributed by atoms with van der Waals surface area (Å²) in [6.07, 6.45) is 3.61. The van der Waals surface area contributed by atoms with Crippen molar-refractivity contribution in [2.45, 2.75) is 6.10 Å². The van der Waals surface area contributed by atoms with Crippen LogP contribution in [-0.4, -0.2) is 16.7 Å². The molecule has 1 heterocycles. The Kier molecular flexibility index (Phi) is 2.83. The van der Waals surface area contributed by atoms with Gasteiger partial charge in [-0.15, -0.1) is 0 Å². The molecule has 0 amide bonds. The van der Waals surface area contributed by atoms with Gasteiger partial charge in [0.15, 0.2) is 0 Å². The van der Waals surface area contributed by atoms with Crippen molar-refractivity contribution in [1.29, 1.82) is 0 Å². The zero-order chi connectivity index (χ0) is 10.7. The van der Waals surface area contributed by atoms with Crippen molar-refractivity contribution < 1.29 is 4.74 Å². The highest BCUT2D eigenvalue weighted by Crippen LogP contribution is 2.22. The number of rotatable bonds is 3. The smallest absolute Gasteiger partial charge is 0.142 e. The molecule has 1 aromatic carbocycles. The molecular weight excluding hydrogens is 188 g/mol. The predicted molar refractivity (Wildman–Crippen MR) is 58.5 cm³/mol. The monoisotopic (exact) mass is 202 g/mol. The van der Waals surface area contributed by atoms with Crippen molar-refractivity contribution in [3.63, 3.8) is 0 Å². The molecule has 3 nitrogen and oxygen atoms in total. The van der Waals surface area contributed by atoms with Crippen LogP contribution in [0.25, 0.3) is 0 Å². The van der Waals surface area contributed by atoms with Gasteiger partial charge >= 0.3 is 0 Å². The van der Waals surface area contributed by atoms with E-state index in [-0.39, 0.29) is 6.10 Å². The molecule has 0 aliphatic rings. The molecule has 0 fully saturated rings. The Labute approximate surface area is 89.3 Å². The van der Waals surface area contributed by atoms with Gasteiger partial charge in [0.25, 0.3) is 0 Å². The van der Waals surface area contributed by atoms with Crippen molar-refractivity contribution in [3.05, 3.63) is 54.1 Å². The molecule has 0 saturated heterocycles. The molecule has 0 N–H and O–H groups in total. The molecule has 78 valence electrons. The summed E-state index contributed by atoms with van der Waals surface area (Å²) in [5.74, 6) is 0.920. The second-order valence-electron chi connectivity index (χ2n) is 3.42. The molecule has 0 aliphatic heterocycles. The zero-order valence-corrected chi connectivity index (χ0v) is 8.92. The van der Waals surface area contributed by atoms with Crippen molar-refractivity contribution in [3.8, 4) is 0 Å². The molecular formula is C12H14N2O. The minimum absolute atomic E-state index is 0.0915. The Morgan fingerprint density at radius 3 is 2.53 bits per heavy atom. The molecule has 0 spiro atoms. The van der Waals surface area contributed by atoms with Crippen LogP contribution in [0.3, 0.4) is 0 Å². The van der Waals surface area contributed by atoms with Crippen LogP contribution in [0.2, 0.25) is 0 Å². The average Bonchev–Trinajstić information content (AvgIpc) is 2.68. The molecule has 2 aromatic rings. The summed E-state index contributed by atoms with van der Waals surface area (Å²) in [5, 5.41) is 0. The van der Waals surface area contributed by atoms with E-state index in [0.717, 1.165) is 11.4 Å². The number of imidazole rings is 1. The Morgan fingerprint density at radius 1 is 1.27 bits per heavy atom. The standard InChI is InChI=1S/C12H14N2O/c1-14-9-8-13-12(14)11(15-2)10-6-4-3-5-7-10/h3-9,11H,1-2H3. The first-order valence-electron chi connectivity index (χ1n) is 4.88. The van der Waals surface area contributed by atoms with Crippen LogP contribution in [0.1, 0.15) is 17.5 Å². The zero-order valence-electron chi connectivity index (χ0n) is 8.92. The van der Waals surface area contributed by atoms with Gasteiger partial charge in [-0.05, 0) is 5.56 Å². The number of nitrogens with zero attached hydrogens (tertiary/aromatic N) is 2. The van der Waals surface area contributed by atoms with Crippen LogP contribution in [-0.2, 0) is 11.8 Å². The van der Waals surface area contributed by atoms with E-state index in [9.17, 15) is 0 Å². The molecule has 0 bridgehead atoms. The maximum absolute atomic E-state index is 5.48. The fourth-order valence-corrected chi connectivity index (χ4v) is 1.65. The van der Waals surface area contributed by atoms with Crippen LogP contribution in [0.4, 0.5) is 0 Å². The number of hydrogen-bond acceptors (Lipinski definition) is 2.